The first-order chi connectivity index (χ1) is 9.49. The number of likely N-dealkylation sites (N-methyl/N-ethyl adjacent to an activating group) is 1. The molecular formula is C14H17Cl2N3O. The maximum atomic E-state index is 10.5. The number of aliphatic hydroxyl groups is 1. The summed E-state index contributed by atoms with van der Waals surface area (Å²) < 4.78 is 1.74. The van der Waals surface area contributed by atoms with E-state index < -0.39 is 6.10 Å². The summed E-state index contributed by atoms with van der Waals surface area (Å²) in [5.74, 6) is 0. The van der Waals surface area contributed by atoms with Crippen LogP contribution in [0.2, 0.25) is 10.0 Å². The van der Waals surface area contributed by atoms with Crippen LogP contribution in [0.1, 0.15) is 17.4 Å². The number of halogens is 2. The van der Waals surface area contributed by atoms with Crippen molar-refractivity contribution in [2.45, 2.75) is 12.6 Å². The number of benzene rings is 1. The molecule has 1 atom stereocenters. The van der Waals surface area contributed by atoms with Crippen LogP contribution in [0, 0.1) is 0 Å². The molecule has 1 heterocycles. The highest BCUT2D eigenvalue weighted by Gasteiger charge is 2.19. The van der Waals surface area contributed by atoms with E-state index in [9.17, 15) is 5.11 Å². The van der Waals surface area contributed by atoms with Crippen molar-refractivity contribution >= 4 is 23.2 Å². The van der Waals surface area contributed by atoms with Gasteiger partial charge in [-0.1, -0.05) is 35.3 Å². The van der Waals surface area contributed by atoms with Crippen LogP contribution in [0.15, 0.2) is 30.5 Å². The minimum atomic E-state index is -0.815. The van der Waals surface area contributed by atoms with Gasteiger partial charge in [-0.3, -0.25) is 4.68 Å². The molecule has 1 N–H and O–H groups in total. The zero-order valence-electron chi connectivity index (χ0n) is 11.4. The number of aromatic nitrogens is 2. The smallest absolute Gasteiger partial charge is 0.122 e. The van der Waals surface area contributed by atoms with Crippen LogP contribution >= 0.6 is 23.2 Å². The SMILES string of the molecule is CN(C)CCn1ncc(Cl)c1C(O)c1ccc(Cl)cc1. The van der Waals surface area contributed by atoms with Gasteiger partial charge >= 0.3 is 0 Å². The number of aliphatic hydroxyl groups excluding tert-OH is 1. The summed E-state index contributed by atoms with van der Waals surface area (Å²) in [7, 11) is 3.97. The highest BCUT2D eigenvalue weighted by atomic mass is 35.5. The van der Waals surface area contributed by atoms with Gasteiger partial charge < -0.3 is 10.0 Å². The van der Waals surface area contributed by atoms with E-state index in [0.717, 1.165) is 12.1 Å². The van der Waals surface area contributed by atoms with Crippen LogP contribution in [0.5, 0.6) is 0 Å². The molecule has 1 aromatic carbocycles. The molecule has 0 fully saturated rings. The molecule has 0 aliphatic carbocycles. The molecule has 2 rings (SSSR count). The largest absolute Gasteiger partial charge is 0.382 e. The topological polar surface area (TPSA) is 41.3 Å². The minimum absolute atomic E-state index is 0.464. The van der Waals surface area contributed by atoms with Gasteiger partial charge in [0.05, 0.1) is 23.5 Å². The number of hydrogen-bond donors (Lipinski definition) is 1. The molecule has 0 bridgehead atoms. The standard InChI is InChI=1S/C14H17Cl2N3O/c1-18(2)7-8-19-13(12(16)9-17-19)14(20)10-3-5-11(15)6-4-10/h3-6,9,14,20H,7-8H2,1-2H3. The first-order valence-electron chi connectivity index (χ1n) is 6.28. The molecule has 108 valence electrons. The molecule has 0 radical (unpaired) electrons. The Morgan fingerprint density at radius 1 is 1.25 bits per heavy atom. The maximum absolute atomic E-state index is 10.5. The Bertz CT molecular complexity index is 566. The summed E-state index contributed by atoms with van der Waals surface area (Å²) >= 11 is 12.0. The van der Waals surface area contributed by atoms with E-state index in [1.54, 1.807) is 35.1 Å². The van der Waals surface area contributed by atoms with Crippen molar-refractivity contribution in [1.82, 2.24) is 14.7 Å². The molecular weight excluding hydrogens is 297 g/mol. The molecule has 1 aromatic heterocycles. The van der Waals surface area contributed by atoms with Crippen molar-refractivity contribution in [3.8, 4) is 0 Å². The maximum Gasteiger partial charge on any atom is 0.122 e. The van der Waals surface area contributed by atoms with E-state index in [1.807, 2.05) is 19.0 Å². The van der Waals surface area contributed by atoms with Crippen LogP contribution in [0.3, 0.4) is 0 Å². The third kappa shape index (κ3) is 3.52. The Hall–Kier alpha value is -1.07. The van der Waals surface area contributed by atoms with Crippen LogP contribution in [0.25, 0.3) is 0 Å². The van der Waals surface area contributed by atoms with E-state index in [4.69, 9.17) is 23.2 Å². The van der Waals surface area contributed by atoms with E-state index in [-0.39, 0.29) is 0 Å². The highest BCUT2D eigenvalue weighted by Crippen LogP contribution is 2.28. The predicted octanol–water partition coefficient (Wildman–Crippen LogP) is 2.83. The lowest BCUT2D eigenvalue weighted by molar-refractivity contribution is 0.205. The molecule has 0 amide bonds. The summed E-state index contributed by atoms with van der Waals surface area (Å²) in [6.45, 7) is 1.48. The van der Waals surface area contributed by atoms with Crippen molar-refractivity contribution in [2.75, 3.05) is 20.6 Å². The number of hydrogen-bond acceptors (Lipinski definition) is 3. The van der Waals surface area contributed by atoms with Gasteiger partial charge in [0.15, 0.2) is 0 Å². The van der Waals surface area contributed by atoms with Gasteiger partial charge in [0.1, 0.15) is 6.10 Å². The fourth-order valence-corrected chi connectivity index (χ4v) is 2.29. The van der Waals surface area contributed by atoms with Crippen molar-refractivity contribution in [3.63, 3.8) is 0 Å². The van der Waals surface area contributed by atoms with Crippen molar-refractivity contribution in [1.29, 1.82) is 0 Å². The van der Waals surface area contributed by atoms with Gasteiger partial charge in [-0.05, 0) is 31.8 Å². The minimum Gasteiger partial charge on any atom is -0.382 e. The average Bonchev–Trinajstić information content (AvgIpc) is 2.77. The number of rotatable bonds is 5. The van der Waals surface area contributed by atoms with E-state index in [1.165, 1.54) is 0 Å². The second kappa shape index (κ2) is 6.59. The first kappa shape index (κ1) is 15.3. The van der Waals surface area contributed by atoms with E-state index in [0.29, 0.717) is 22.3 Å². The van der Waals surface area contributed by atoms with Crippen LogP contribution in [0.4, 0.5) is 0 Å². The summed E-state index contributed by atoms with van der Waals surface area (Å²) in [6.07, 6.45) is 0.746. The Kier molecular flexibility index (Phi) is 5.05. The van der Waals surface area contributed by atoms with E-state index in [2.05, 4.69) is 5.10 Å². The molecule has 0 saturated carbocycles. The number of nitrogens with zero attached hydrogens (tertiary/aromatic N) is 3. The Labute approximate surface area is 128 Å². The first-order valence-corrected chi connectivity index (χ1v) is 7.04. The van der Waals surface area contributed by atoms with Crippen LogP contribution in [-0.2, 0) is 6.54 Å². The molecule has 0 aliphatic heterocycles. The zero-order valence-corrected chi connectivity index (χ0v) is 12.9. The second-order valence-electron chi connectivity index (χ2n) is 4.86. The van der Waals surface area contributed by atoms with Gasteiger partial charge in [-0.2, -0.15) is 5.10 Å². The summed E-state index contributed by atoms with van der Waals surface area (Å²) in [5.41, 5.74) is 1.35. The second-order valence-corrected chi connectivity index (χ2v) is 5.70. The summed E-state index contributed by atoms with van der Waals surface area (Å²) in [4.78, 5) is 2.05. The molecule has 0 aliphatic rings. The summed E-state index contributed by atoms with van der Waals surface area (Å²) in [6, 6.07) is 7.06. The van der Waals surface area contributed by atoms with Gasteiger partial charge in [0, 0.05) is 11.6 Å². The molecule has 0 saturated heterocycles. The zero-order chi connectivity index (χ0) is 14.7. The lowest BCUT2D eigenvalue weighted by Crippen LogP contribution is -2.21. The lowest BCUT2D eigenvalue weighted by atomic mass is 10.1. The predicted molar refractivity (Wildman–Crippen MR) is 81.3 cm³/mol. The molecule has 4 nitrogen and oxygen atoms in total. The quantitative estimate of drug-likeness (QED) is 0.923. The van der Waals surface area contributed by atoms with Crippen molar-refractivity contribution < 1.29 is 5.11 Å². The van der Waals surface area contributed by atoms with Gasteiger partial charge in [-0.25, -0.2) is 0 Å². The Balaban J connectivity index is 2.26. The molecule has 6 heteroatoms. The third-order valence-electron chi connectivity index (χ3n) is 3.04. The van der Waals surface area contributed by atoms with Gasteiger partial charge in [0.2, 0.25) is 0 Å². The lowest BCUT2D eigenvalue weighted by Gasteiger charge is -2.16. The Morgan fingerprint density at radius 2 is 1.90 bits per heavy atom. The van der Waals surface area contributed by atoms with E-state index >= 15 is 0 Å². The molecule has 0 spiro atoms. The van der Waals surface area contributed by atoms with Gasteiger partial charge in [-0.15, -0.1) is 0 Å². The van der Waals surface area contributed by atoms with Crippen LogP contribution < -0.4 is 0 Å². The fraction of sp³-hybridized carbons (Fsp3) is 0.357. The van der Waals surface area contributed by atoms with Crippen molar-refractivity contribution in [3.05, 3.63) is 51.8 Å². The molecule has 2 aromatic rings. The van der Waals surface area contributed by atoms with Crippen LogP contribution in [-0.4, -0.2) is 40.4 Å². The molecule has 20 heavy (non-hydrogen) atoms. The molecule has 1 unspecified atom stereocenters. The fourth-order valence-electron chi connectivity index (χ4n) is 1.92. The van der Waals surface area contributed by atoms with Crippen molar-refractivity contribution in [2.24, 2.45) is 0 Å². The summed E-state index contributed by atoms with van der Waals surface area (Å²) in [5, 5.41) is 15.8. The Morgan fingerprint density at radius 3 is 2.50 bits per heavy atom. The normalized spacial score (nSPS) is 12.9. The highest BCUT2D eigenvalue weighted by molar-refractivity contribution is 6.31. The van der Waals surface area contributed by atoms with Gasteiger partial charge in [0.25, 0.3) is 0 Å². The third-order valence-corrected chi connectivity index (χ3v) is 3.58. The average molecular weight is 314 g/mol. The monoisotopic (exact) mass is 313 g/mol.